The summed E-state index contributed by atoms with van der Waals surface area (Å²) in [4.78, 5) is 13.9. The van der Waals surface area contributed by atoms with E-state index in [0.29, 0.717) is 19.1 Å². The van der Waals surface area contributed by atoms with Gasteiger partial charge in [-0.3, -0.25) is 4.90 Å². The molecule has 96 valence electrons. The van der Waals surface area contributed by atoms with Crippen molar-refractivity contribution in [3.63, 3.8) is 0 Å². The van der Waals surface area contributed by atoms with Gasteiger partial charge < -0.3 is 10.1 Å². The summed E-state index contributed by atoms with van der Waals surface area (Å²) in [6.45, 7) is 5.08. The first-order valence-electron chi connectivity index (χ1n) is 6.39. The number of nitrogens with one attached hydrogen (secondary N) is 1. The summed E-state index contributed by atoms with van der Waals surface area (Å²) >= 11 is 0. The molecule has 2 saturated heterocycles. The van der Waals surface area contributed by atoms with Gasteiger partial charge in [0.05, 0.1) is 12.1 Å². The van der Waals surface area contributed by atoms with Crippen LogP contribution in [0, 0.1) is 5.92 Å². The van der Waals surface area contributed by atoms with Gasteiger partial charge in [0, 0.05) is 25.6 Å². The molecule has 0 radical (unpaired) electrons. The molecule has 2 aliphatic rings. The van der Waals surface area contributed by atoms with Crippen LogP contribution in [0.25, 0.3) is 0 Å². The SMILES string of the molecule is C[C@@]12CNC[C@H]1COC(=O)N2Cc1ccccc1. The van der Waals surface area contributed by atoms with Gasteiger partial charge in [-0.15, -0.1) is 0 Å². The molecule has 1 amide bonds. The van der Waals surface area contributed by atoms with Crippen molar-refractivity contribution in [2.24, 2.45) is 5.92 Å². The zero-order valence-corrected chi connectivity index (χ0v) is 10.6. The minimum absolute atomic E-state index is 0.120. The number of carbonyl (C=O) groups excluding carboxylic acids is 1. The van der Waals surface area contributed by atoms with E-state index in [9.17, 15) is 4.79 Å². The Morgan fingerprint density at radius 1 is 1.44 bits per heavy atom. The predicted molar refractivity (Wildman–Crippen MR) is 68.1 cm³/mol. The predicted octanol–water partition coefficient (Wildman–Crippen LogP) is 1.62. The van der Waals surface area contributed by atoms with Crippen molar-refractivity contribution < 1.29 is 9.53 Å². The highest BCUT2D eigenvalue weighted by molar-refractivity contribution is 5.70. The van der Waals surface area contributed by atoms with Gasteiger partial charge >= 0.3 is 6.09 Å². The van der Waals surface area contributed by atoms with Crippen molar-refractivity contribution >= 4 is 6.09 Å². The maximum absolute atomic E-state index is 12.0. The Kier molecular flexibility index (Phi) is 2.74. The third-order valence-electron chi connectivity index (χ3n) is 4.18. The van der Waals surface area contributed by atoms with E-state index in [1.165, 1.54) is 0 Å². The number of ether oxygens (including phenoxy) is 1. The Labute approximate surface area is 107 Å². The average molecular weight is 246 g/mol. The molecule has 18 heavy (non-hydrogen) atoms. The smallest absolute Gasteiger partial charge is 0.410 e. The molecule has 1 aromatic carbocycles. The number of nitrogens with zero attached hydrogens (tertiary/aromatic N) is 1. The van der Waals surface area contributed by atoms with Gasteiger partial charge in [-0.1, -0.05) is 30.3 Å². The molecule has 0 bridgehead atoms. The Bertz CT molecular complexity index is 448. The molecule has 1 aromatic rings. The molecule has 3 rings (SSSR count). The maximum Gasteiger partial charge on any atom is 0.410 e. The second-order valence-electron chi connectivity index (χ2n) is 5.33. The normalized spacial score (nSPS) is 31.1. The van der Waals surface area contributed by atoms with Crippen LogP contribution in [0.3, 0.4) is 0 Å². The third kappa shape index (κ3) is 1.77. The van der Waals surface area contributed by atoms with E-state index in [0.717, 1.165) is 18.7 Å². The Morgan fingerprint density at radius 2 is 2.22 bits per heavy atom. The van der Waals surface area contributed by atoms with Crippen LogP contribution >= 0.6 is 0 Å². The Hall–Kier alpha value is -1.55. The second-order valence-corrected chi connectivity index (χ2v) is 5.33. The monoisotopic (exact) mass is 246 g/mol. The summed E-state index contributed by atoms with van der Waals surface area (Å²) in [5, 5.41) is 3.37. The van der Waals surface area contributed by atoms with Crippen molar-refractivity contribution in [3.05, 3.63) is 35.9 Å². The highest BCUT2D eigenvalue weighted by Gasteiger charge is 2.49. The topological polar surface area (TPSA) is 41.6 Å². The molecule has 2 heterocycles. The fourth-order valence-electron chi connectivity index (χ4n) is 2.89. The molecule has 0 saturated carbocycles. The largest absolute Gasteiger partial charge is 0.449 e. The van der Waals surface area contributed by atoms with E-state index in [4.69, 9.17) is 4.74 Å². The number of hydrogen-bond donors (Lipinski definition) is 1. The van der Waals surface area contributed by atoms with Gasteiger partial charge in [0.25, 0.3) is 0 Å². The molecule has 0 aromatic heterocycles. The summed E-state index contributed by atoms with van der Waals surface area (Å²) < 4.78 is 5.29. The third-order valence-corrected chi connectivity index (χ3v) is 4.18. The molecule has 2 atom stereocenters. The van der Waals surface area contributed by atoms with Crippen LogP contribution in [0.15, 0.2) is 30.3 Å². The van der Waals surface area contributed by atoms with Crippen molar-refractivity contribution in [2.75, 3.05) is 19.7 Å². The fourth-order valence-corrected chi connectivity index (χ4v) is 2.89. The first-order chi connectivity index (χ1) is 8.70. The van der Waals surface area contributed by atoms with Crippen molar-refractivity contribution in [2.45, 2.75) is 19.0 Å². The number of carbonyl (C=O) groups is 1. The quantitative estimate of drug-likeness (QED) is 0.862. The highest BCUT2D eigenvalue weighted by Crippen LogP contribution is 2.34. The minimum atomic E-state index is -0.193. The molecule has 0 aliphatic carbocycles. The number of benzene rings is 1. The standard InChI is InChI=1S/C14H18N2O2/c1-14-10-15-7-12(14)9-18-13(17)16(14)8-11-5-3-2-4-6-11/h2-6,12,15H,7-10H2,1H3/t12-,14+/m0/s1. The Morgan fingerprint density at radius 3 is 3.00 bits per heavy atom. The number of fused-ring (bicyclic) bond motifs is 1. The van der Waals surface area contributed by atoms with Crippen LogP contribution in [0.1, 0.15) is 12.5 Å². The van der Waals surface area contributed by atoms with Crippen LogP contribution in [0.5, 0.6) is 0 Å². The van der Waals surface area contributed by atoms with E-state index in [1.54, 1.807) is 0 Å². The zero-order valence-electron chi connectivity index (χ0n) is 10.6. The van der Waals surface area contributed by atoms with Crippen LogP contribution in [-0.2, 0) is 11.3 Å². The number of amides is 1. The average Bonchev–Trinajstić information content (AvgIpc) is 2.77. The van der Waals surface area contributed by atoms with E-state index >= 15 is 0 Å². The number of hydrogen-bond acceptors (Lipinski definition) is 3. The highest BCUT2D eigenvalue weighted by atomic mass is 16.6. The van der Waals surface area contributed by atoms with Gasteiger partial charge in [0.1, 0.15) is 0 Å². The molecule has 0 spiro atoms. The fraction of sp³-hybridized carbons (Fsp3) is 0.500. The van der Waals surface area contributed by atoms with Gasteiger partial charge in [0.15, 0.2) is 0 Å². The lowest BCUT2D eigenvalue weighted by molar-refractivity contribution is -0.0214. The van der Waals surface area contributed by atoms with Crippen molar-refractivity contribution in [1.82, 2.24) is 10.2 Å². The summed E-state index contributed by atoms with van der Waals surface area (Å²) in [5.74, 6) is 0.388. The lowest BCUT2D eigenvalue weighted by Gasteiger charge is -2.45. The summed E-state index contributed by atoms with van der Waals surface area (Å²) in [5.41, 5.74) is 1.02. The lowest BCUT2D eigenvalue weighted by atomic mass is 9.86. The van der Waals surface area contributed by atoms with E-state index in [2.05, 4.69) is 12.2 Å². The van der Waals surface area contributed by atoms with Crippen LogP contribution < -0.4 is 5.32 Å². The van der Waals surface area contributed by atoms with Crippen LogP contribution in [0.4, 0.5) is 4.79 Å². The molecule has 1 N–H and O–H groups in total. The zero-order chi connectivity index (χ0) is 12.6. The summed E-state index contributed by atoms with van der Waals surface area (Å²) in [6.07, 6.45) is -0.193. The minimum Gasteiger partial charge on any atom is -0.449 e. The second kappa shape index (κ2) is 4.28. The lowest BCUT2D eigenvalue weighted by Crippen LogP contribution is -2.59. The molecular formula is C14H18N2O2. The Balaban J connectivity index is 1.86. The van der Waals surface area contributed by atoms with E-state index in [1.807, 2.05) is 35.2 Å². The van der Waals surface area contributed by atoms with Crippen LogP contribution in [-0.4, -0.2) is 36.2 Å². The maximum atomic E-state index is 12.0. The molecule has 4 nitrogen and oxygen atoms in total. The molecule has 2 aliphatic heterocycles. The number of rotatable bonds is 2. The first-order valence-corrected chi connectivity index (χ1v) is 6.39. The van der Waals surface area contributed by atoms with Crippen molar-refractivity contribution in [1.29, 1.82) is 0 Å². The molecular weight excluding hydrogens is 228 g/mol. The molecule has 0 unspecified atom stereocenters. The molecule has 2 fully saturated rings. The first kappa shape index (κ1) is 11.5. The molecule has 4 heteroatoms. The van der Waals surface area contributed by atoms with Gasteiger partial charge in [-0.05, 0) is 12.5 Å². The van der Waals surface area contributed by atoms with Gasteiger partial charge in [-0.2, -0.15) is 0 Å². The van der Waals surface area contributed by atoms with E-state index in [-0.39, 0.29) is 11.6 Å². The van der Waals surface area contributed by atoms with Crippen molar-refractivity contribution in [3.8, 4) is 0 Å². The van der Waals surface area contributed by atoms with Gasteiger partial charge in [-0.25, -0.2) is 4.79 Å². The van der Waals surface area contributed by atoms with Gasteiger partial charge in [0.2, 0.25) is 0 Å². The number of cyclic esters (lactones) is 1. The van der Waals surface area contributed by atoms with Crippen LogP contribution in [0.2, 0.25) is 0 Å². The summed E-state index contributed by atoms with van der Waals surface area (Å²) in [6, 6.07) is 10.1. The van der Waals surface area contributed by atoms with E-state index < -0.39 is 0 Å². The summed E-state index contributed by atoms with van der Waals surface area (Å²) in [7, 11) is 0.